The monoisotopic (exact) mass is 934 g/mol. The Kier molecular flexibility index (Phi) is 45.2. The Labute approximate surface area is 395 Å². The maximum absolute atomic E-state index is 12.6. The quantitative estimate of drug-likeness (QED) is 0.0229. The summed E-state index contributed by atoms with van der Waals surface area (Å²) in [6.45, 7) is 2.64. The molecule has 12 heteroatoms. The van der Waals surface area contributed by atoms with E-state index in [4.69, 9.17) is 24.8 Å². The lowest BCUT2D eigenvalue weighted by Gasteiger charge is -2.20. The Balaban J connectivity index is 4.33. The number of nitrogens with two attached hydrogens (primary N) is 1. The van der Waals surface area contributed by atoms with Crippen LogP contribution in [0.1, 0.15) is 213 Å². The lowest BCUT2D eigenvalue weighted by atomic mass is 10.0. The molecule has 0 saturated heterocycles. The van der Waals surface area contributed by atoms with Gasteiger partial charge in [-0.05, 0) is 51.4 Å². The van der Waals surface area contributed by atoms with Gasteiger partial charge in [0.2, 0.25) is 0 Å². The average molecular weight is 934 g/mol. The minimum Gasteiger partial charge on any atom is -0.480 e. The van der Waals surface area contributed by atoms with Gasteiger partial charge < -0.3 is 25.2 Å². The van der Waals surface area contributed by atoms with Crippen LogP contribution >= 0.6 is 7.82 Å². The summed E-state index contributed by atoms with van der Waals surface area (Å²) in [6, 6.07) is -1.54. The SMILES string of the molecule is CC/C=C/C/C=C/C/C=C/C/C=C/C/C=C/C/C=C/CCC(=O)O[C@H](COC(=O)CCCCCCCCCCCCCCCCCCCCCCCC)COP(=O)(O)OC[C@H](N)C(=O)O. The van der Waals surface area contributed by atoms with Crippen LogP contribution in [0.25, 0.3) is 0 Å². The summed E-state index contributed by atoms with van der Waals surface area (Å²) in [4.78, 5) is 46.1. The molecule has 11 nitrogen and oxygen atoms in total. The van der Waals surface area contributed by atoms with Crippen LogP contribution in [0.2, 0.25) is 0 Å². The molecule has 0 saturated carbocycles. The maximum atomic E-state index is 12.6. The van der Waals surface area contributed by atoms with E-state index >= 15 is 0 Å². The van der Waals surface area contributed by atoms with Gasteiger partial charge in [-0.2, -0.15) is 0 Å². The van der Waals surface area contributed by atoms with Crippen molar-refractivity contribution in [2.24, 2.45) is 5.73 Å². The van der Waals surface area contributed by atoms with Gasteiger partial charge in [0, 0.05) is 12.8 Å². The summed E-state index contributed by atoms with van der Waals surface area (Å²) >= 11 is 0. The number of esters is 2. The zero-order chi connectivity index (χ0) is 47.7. The van der Waals surface area contributed by atoms with Crippen molar-refractivity contribution < 1.29 is 47.5 Å². The highest BCUT2D eigenvalue weighted by Crippen LogP contribution is 2.43. The molecule has 0 heterocycles. The van der Waals surface area contributed by atoms with Crippen molar-refractivity contribution in [2.75, 3.05) is 19.8 Å². The van der Waals surface area contributed by atoms with E-state index in [9.17, 15) is 23.8 Å². The number of phosphoric acid groups is 1. The number of hydrogen-bond acceptors (Lipinski definition) is 9. The number of carbonyl (C=O) groups is 3. The molecule has 374 valence electrons. The molecule has 3 atom stereocenters. The van der Waals surface area contributed by atoms with Crippen LogP contribution in [0.5, 0.6) is 0 Å². The number of unbranched alkanes of at least 4 members (excludes halogenated alkanes) is 21. The molecule has 4 N–H and O–H groups in total. The number of allylic oxidation sites excluding steroid dienone is 12. The first-order valence-corrected chi connectivity index (χ1v) is 27.0. The molecule has 0 bridgehead atoms. The number of ether oxygens (including phenoxy) is 2. The molecule has 0 aliphatic rings. The Hall–Kier alpha value is -3.08. The first-order chi connectivity index (χ1) is 31.6. The highest BCUT2D eigenvalue weighted by atomic mass is 31.2. The van der Waals surface area contributed by atoms with Crippen molar-refractivity contribution >= 4 is 25.7 Å². The van der Waals surface area contributed by atoms with Crippen LogP contribution in [-0.4, -0.2) is 59.9 Å². The van der Waals surface area contributed by atoms with E-state index in [0.717, 1.165) is 51.4 Å². The van der Waals surface area contributed by atoms with Crippen molar-refractivity contribution in [3.63, 3.8) is 0 Å². The highest BCUT2D eigenvalue weighted by Gasteiger charge is 2.28. The van der Waals surface area contributed by atoms with Gasteiger partial charge in [0.05, 0.1) is 13.2 Å². The number of hydrogen-bond donors (Lipinski definition) is 3. The zero-order valence-corrected chi connectivity index (χ0v) is 41.7. The fourth-order valence-corrected chi connectivity index (χ4v) is 7.58. The third-order valence-electron chi connectivity index (χ3n) is 10.7. The topological polar surface area (TPSA) is 172 Å². The molecule has 1 unspecified atom stereocenters. The highest BCUT2D eigenvalue weighted by molar-refractivity contribution is 7.47. The molecule has 0 aromatic rings. The van der Waals surface area contributed by atoms with Crippen LogP contribution in [0.15, 0.2) is 72.9 Å². The Morgan fingerprint density at radius 3 is 1.26 bits per heavy atom. The molecule has 0 rings (SSSR count). The number of carbonyl (C=O) groups excluding carboxylic acids is 2. The predicted octanol–water partition coefficient (Wildman–Crippen LogP) is 14.5. The fourth-order valence-electron chi connectivity index (χ4n) is 6.80. The second-order valence-corrected chi connectivity index (χ2v) is 18.4. The van der Waals surface area contributed by atoms with Crippen molar-refractivity contribution in [2.45, 2.75) is 225 Å². The molecule has 0 aliphatic carbocycles. The third-order valence-corrected chi connectivity index (χ3v) is 11.7. The molecular formula is C53H92NO10P. The van der Waals surface area contributed by atoms with Gasteiger partial charge in [0.15, 0.2) is 6.10 Å². The normalized spacial score (nSPS) is 14.2. The van der Waals surface area contributed by atoms with E-state index in [1.54, 1.807) is 0 Å². The van der Waals surface area contributed by atoms with Gasteiger partial charge in [-0.15, -0.1) is 0 Å². The van der Waals surface area contributed by atoms with E-state index in [1.807, 2.05) is 12.2 Å². The van der Waals surface area contributed by atoms with Crippen LogP contribution in [-0.2, 0) is 37.5 Å². The molecule has 0 spiro atoms. The van der Waals surface area contributed by atoms with Crippen LogP contribution in [0.3, 0.4) is 0 Å². The van der Waals surface area contributed by atoms with Crippen molar-refractivity contribution in [3.8, 4) is 0 Å². The van der Waals surface area contributed by atoms with Gasteiger partial charge in [0.1, 0.15) is 12.6 Å². The molecule has 0 aromatic carbocycles. The van der Waals surface area contributed by atoms with Crippen LogP contribution < -0.4 is 5.73 Å². The summed E-state index contributed by atoms with van der Waals surface area (Å²) in [6.07, 6.45) is 58.5. The predicted molar refractivity (Wildman–Crippen MR) is 267 cm³/mol. The second-order valence-electron chi connectivity index (χ2n) is 16.9. The molecule has 0 amide bonds. The van der Waals surface area contributed by atoms with E-state index < -0.39 is 51.1 Å². The van der Waals surface area contributed by atoms with E-state index in [1.165, 1.54) is 116 Å². The average Bonchev–Trinajstić information content (AvgIpc) is 3.28. The largest absolute Gasteiger partial charge is 0.480 e. The molecular weight excluding hydrogens is 842 g/mol. The Morgan fingerprint density at radius 2 is 0.862 bits per heavy atom. The molecule has 65 heavy (non-hydrogen) atoms. The Morgan fingerprint density at radius 1 is 0.492 bits per heavy atom. The van der Waals surface area contributed by atoms with E-state index in [2.05, 4.69) is 79.1 Å². The summed E-state index contributed by atoms with van der Waals surface area (Å²) in [7, 11) is -4.74. The maximum Gasteiger partial charge on any atom is 0.472 e. The fraction of sp³-hybridized carbons (Fsp3) is 0.717. The summed E-state index contributed by atoms with van der Waals surface area (Å²) in [5.74, 6) is -2.48. The standard InChI is InChI=1S/C53H92NO10P/c1-3-5-7-9-11-13-15-17-19-21-23-24-25-27-28-30-32-34-36-38-40-42-44-51(55)61-46-49(47-62-65(59,60)63-48-50(54)53(57)58)64-52(56)45-43-41-39-37-35-33-31-29-26-22-20-18-16-14-12-10-8-6-4-2/h6,8,12,14,18,20,26,29,33,35,39,41,49-50H,3-5,7,9-11,13,15-17,19,21-25,27-28,30-32,34,36-38,40,42-48,54H2,1-2H3,(H,57,58)(H,59,60)/b8-6+,14-12+,20-18+,29-26+,35-33+,41-39+/t49-,50+/m1/s1. The minimum atomic E-state index is -4.74. The third kappa shape index (κ3) is 47.2. The van der Waals surface area contributed by atoms with Crippen molar-refractivity contribution in [1.29, 1.82) is 0 Å². The molecule has 0 aromatic heterocycles. The molecule has 0 radical (unpaired) electrons. The number of phosphoric ester groups is 1. The lowest BCUT2D eigenvalue weighted by molar-refractivity contribution is -0.161. The number of carboxylic acid groups (broad SMARTS) is 1. The van der Waals surface area contributed by atoms with Crippen molar-refractivity contribution in [3.05, 3.63) is 72.9 Å². The van der Waals surface area contributed by atoms with E-state index in [-0.39, 0.29) is 19.4 Å². The summed E-state index contributed by atoms with van der Waals surface area (Å²) in [5, 5.41) is 8.92. The van der Waals surface area contributed by atoms with E-state index in [0.29, 0.717) is 19.3 Å². The van der Waals surface area contributed by atoms with Gasteiger partial charge in [-0.25, -0.2) is 4.57 Å². The number of aliphatic carboxylic acids is 1. The van der Waals surface area contributed by atoms with Gasteiger partial charge >= 0.3 is 25.7 Å². The summed E-state index contributed by atoms with van der Waals surface area (Å²) in [5.41, 5.74) is 5.34. The second kappa shape index (κ2) is 47.4. The Bertz CT molecular complexity index is 1370. The van der Waals surface area contributed by atoms with Crippen LogP contribution in [0, 0.1) is 0 Å². The van der Waals surface area contributed by atoms with Gasteiger partial charge in [-0.3, -0.25) is 23.4 Å². The smallest absolute Gasteiger partial charge is 0.472 e. The van der Waals surface area contributed by atoms with Gasteiger partial charge in [-0.1, -0.05) is 222 Å². The number of rotatable bonds is 47. The number of carboxylic acids is 1. The first-order valence-electron chi connectivity index (χ1n) is 25.5. The van der Waals surface area contributed by atoms with Crippen molar-refractivity contribution in [1.82, 2.24) is 0 Å². The molecule has 0 fully saturated rings. The van der Waals surface area contributed by atoms with Gasteiger partial charge in [0.25, 0.3) is 0 Å². The minimum absolute atomic E-state index is 0.0346. The zero-order valence-electron chi connectivity index (χ0n) is 40.8. The summed E-state index contributed by atoms with van der Waals surface area (Å²) < 4.78 is 32.7. The van der Waals surface area contributed by atoms with Crippen LogP contribution in [0.4, 0.5) is 0 Å². The first kappa shape index (κ1) is 61.9. The molecule has 0 aliphatic heterocycles. The lowest BCUT2D eigenvalue weighted by Crippen LogP contribution is -2.34.